The molecule has 0 radical (unpaired) electrons. The quantitative estimate of drug-likeness (QED) is 0.138. The van der Waals surface area contributed by atoms with Crippen LogP contribution >= 0.6 is 0 Å². The van der Waals surface area contributed by atoms with E-state index in [-0.39, 0.29) is 0 Å². The Morgan fingerprint density at radius 3 is 1.38 bits per heavy atom. The van der Waals surface area contributed by atoms with Gasteiger partial charge >= 0.3 is 0 Å². The average Bonchev–Trinajstić information content (AvgIpc) is 3.76. The van der Waals surface area contributed by atoms with E-state index >= 15 is 0 Å². The summed E-state index contributed by atoms with van der Waals surface area (Å²) < 4.78 is 2.44. The van der Waals surface area contributed by atoms with Crippen LogP contribution in [0, 0.1) is 0 Å². The largest absolute Gasteiger partial charge is 0.310 e. The number of hydrogen-bond donors (Lipinski definition) is 0. The topological polar surface area (TPSA) is 8.17 Å². The minimum absolute atomic E-state index is 1.09. The summed E-state index contributed by atoms with van der Waals surface area (Å²) in [5.74, 6) is 0. The van der Waals surface area contributed by atoms with Crippen LogP contribution in [0.2, 0.25) is 0 Å². The normalized spacial score (nSPS) is 11.5. The van der Waals surface area contributed by atoms with Gasteiger partial charge in [-0.2, -0.15) is 0 Å². The molecule has 0 amide bonds. The third-order valence-corrected chi connectivity index (χ3v) is 13.8. The Labute approximate surface area is 395 Å². The molecule has 0 spiro atoms. The molecule has 0 N–H and O–H groups in total. The summed E-state index contributed by atoms with van der Waals surface area (Å²) in [5.41, 5.74) is 16.4. The first-order chi connectivity index (χ1) is 33.7. The van der Waals surface area contributed by atoms with Gasteiger partial charge in [0, 0.05) is 38.9 Å². The van der Waals surface area contributed by atoms with Crippen LogP contribution in [0.5, 0.6) is 0 Å². The van der Waals surface area contributed by atoms with E-state index in [0.717, 1.165) is 28.3 Å². The lowest BCUT2D eigenvalue weighted by Crippen LogP contribution is -2.10. The molecule has 0 aliphatic heterocycles. The van der Waals surface area contributed by atoms with Gasteiger partial charge < -0.3 is 9.47 Å². The molecule has 0 bridgehead atoms. The molecule has 0 atom stereocenters. The van der Waals surface area contributed by atoms with E-state index in [1.54, 1.807) is 0 Å². The highest BCUT2D eigenvalue weighted by atomic mass is 15.1. The summed E-state index contributed by atoms with van der Waals surface area (Å²) in [5, 5.41) is 9.95. The van der Waals surface area contributed by atoms with Crippen molar-refractivity contribution in [2.45, 2.75) is 0 Å². The van der Waals surface area contributed by atoms with E-state index in [2.05, 4.69) is 276 Å². The number of aromatic nitrogens is 1. The minimum atomic E-state index is 1.09. The predicted molar refractivity (Wildman–Crippen MR) is 290 cm³/mol. The highest BCUT2D eigenvalue weighted by Crippen LogP contribution is 2.43. The van der Waals surface area contributed by atoms with Crippen LogP contribution in [-0.4, -0.2) is 4.57 Å². The molecule has 2 nitrogen and oxygen atoms in total. The van der Waals surface area contributed by atoms with Gasteiger partial charge in [0.15, 0.2) is 0 Å². The Hall–Kier alpha value is -8.98. The minimum Gasteiger partial charge on any atom is -0.310 e. The van der Waals surface area contributed by atoms with Crippen LogP contribution in [0.1, 0.15) is 0 Å². The molecule has 68 heavy (non-hydrogen) atoms. The first-order valence-corrected chi connectivity index (χ1v) is 23.4. The standard InChI is InChI=1S/C66H44N2/c1-3-15-46(16-4-1)56-21-11-13-25-60(56)61-26-14-12-22-57(61)49-31-38-54(39-32-49)67(55-40-33-50-28-27-47-17-7-9-23-58(47)64(50)44-55)53-36-29-45(30-37-53)51-35-41-62-63-42-34-48-18-8-10-24-59(48)66(63)68(65(62)43-51)52-19-5-2-6-20-52/h1-44H. The van der Waals surface area contributed by atoms with Gasteiger partial charge in [0.25, 0.3) is 0 Å². The zero-order chi connectivity index (χ0) is 45.0. The molecule has 0 saturated heterocycles. The highest BCUT2D eigenvalue weighted by Gasteiger charge is 2.19. The lowest BCUT2D eigenvalue weighted by molar-refractivity contribution is 1.19. The van der Waals surface area contributed by atoms with Gasteiger partial charge in [-0.3, -0.25) is 0 Å². The van der Waals surface area contributed by atoms with Crippen LogP contribution < -0.4 is 4.90 Å². The van der Waals surface area contributed by atoms with Crippen molar-refractivity contribution in [2.24, 2.45) is 0 Å². The van der Waals surface area contributed by atoms with Crippen molar-refractivity contribution in [1.29, 1.82) is 0 Å². The summed E-state index contributed by atoms with van der Waals surface area (Å²) in [7, 11) is 0. The molecular formula is C66H44N2. The van der Waals surface area contributed by atoms with E-state index in [1.807, 2.05) is 0 Å². The van der Waals surface area contributed by atoms with E-state index in [4.69, 9.17) is 0 Å². The van der Waals surface area contributed by atoms with Gasteiger partial charge in [-0.05, 0) is 126 Å². The first kappa shape index (κ1) is 39.4. The third-order valence-electron chi connectivity index (χ3n) is 13.8. The Bertz CT molecular complexity index is 4000. The van der Waals surface area contributed by atoms with Crippen LogP contribution in [0.4, 0.5) is 17.1 Å². The summed E-state index contributed by atoms with van der Waals surface area (Å²) >= 11 is 0. The Kier molecular flexibility index (Phi) is 9.54. The van der Waals surface area contributed by atoms with Crippen molar-refractivity contribution in [3.63, 3.8) is 0 Å². The number of nitrogens with zero attached hydrogens (tertiary/aromatic N) is 2. The molecule has 12 aromatic carbocycles. The molecule has 2 heteroatoms. The van der Waals surface area contributed by atoms with Gasteiger partial charge in [0.1, 0.15) is 0 Å². The lowest BCUT2D eigenvalue weighted by atomic mass is 9.89. The van der Waals surface area contributed by atoms with E-state index < -0.39 is 0 Å². The molecule has 0 unspecified atom stereocenters. The summed E-state index contributed by atoms with van der Waals surface area (Å²) in [4.78, 5) is 2.40. The van der Waals surface area contributed by atoms with Crippen LogP contribution in [0.15, 0.2) is 267 Å². The van der Waals surface area contributed by atoms with Gasteiger partial charge in [0.2, 0.25) is 0 Å². The van der Waals surface area contributed by atoms with Crippen molar-refractivity contribution in [1.82, 2.24) is 4.57 Å². The molecular weight excluding hydrogens is 821 g/mol. The molecule has 0 aliphatic rings. The van der Waals surface area contributed by atoms with E-state index in [9.17, 15) is 0 Å². The SMILES string of the molecule is c1ccc(-c2ccccc2-c2ccccc2-c2ccc(N(c3ccc(-c4ccc5c6ccc7ccccc7c6n(-c6ccccc6)c5c4)cc3)c3ccc4ccc5ccccc5c4c3)cc2)cc1. The number of anilines is 3. The number of fused-ring (bicyclic) bond motifs is 8. The molecule has 13 aromatic rings. The molecule has 0 saturated carbocycles. The molecule has 0 aliphatic carbocycles. The molecule has 1 heterocycles. The number of hydrogen-bond acceptors (Lipinski definition) is 1. The molecule has 0 fully saturated rings. The van der Waals surface area contributed by atoms with Gasteiger partial charge in [-0.15, -0.1) is 0 Å². The van der Waals surface area contributed by atoms with Crippen LogP contribution in [0.3, 0.4) is 0 Å². The molecule has 1 aromatic heterocycles. The fourth-order valence-corrected chi connectivity index (χ4v) is 10.5. The average molecular weight is 865 g/mol. The van der Waals surface area contributed by atoms with E-state index in [1.165, 1.54) is 93.1 Å². The maximum absolute atomic E-state index is 2.44. The maximum atomic E-state index is 2.44. The summed E-state index contributed by atoms with van der Waals surface area (Å²) in [6, 6.07) is 97.4. The molecule has 318 valence electrons. The lowest BCUT2D eigenvalue weighted by Gasteiger charge is -2.26. The smallest absolute Gasteiger partial charge is 0.0619 e. The fraction of sp³-hybridized carbons (Fsp3) is 0. The molecule has 13 rings (SSSR count). The van der Waals surface area contributed by atoms with Crippen LogP contribution in [-0.2, 0) is 0 Å². The second-order valence-electron chi connectivity index (χ2n) is 17.7. The maximum Gasteiger partial charge on any atom is 0.0619 e. The summed E-state index contributed by atoms with van der Waals surface area (Å²) in [6.07, 6.45) is 0. The predicted octanol–water partition coefficient (Wildman–Crippen LogP) is 18.4. The van der Waals surface area contributed by atoms with Gasteiger partial charge in [-0.25, -0.2) is 0 Å². The highest BCUT2D eigenvalue weighted by molar-refractivity contribution is 6.19. The third kappa shape index (κ3) is 6.73. The zero-order valence-corrected chi connectivity index (χ0v) is 37.3. The Balaban J connectivity index is 0.927. The first-order valence-electron chi connectivity index (χ1n) is 23.4. The Morgan fingerprint density at radius 1 is 0.250 bits per heavy atom. The number of rotatable bonds is 8. The number of para-hydroxylation sites is 1. The number of benzene rings is 12. The van der Waals surface area contributed by atoms with Crippen molar-refractivity contribution in [3.8, 4) is 50.2 Å². The second-order valence-corrected chi connectivity index (χ2v) is 17.7. The van der Waals surface area contributed by atoms with Crippen molar-refractivity contribution in [3.05, 3.63) is 267 Å². The monoisotopic (exact) mass is 864 g/mol. The van der Waals surface area contributed by atoms with Crippen molar-refractivity contribution < 1.29 is 0 Å². The summed E-state index contributed by atoms with van der Waals surface area (Å²) in [6.45, 7) is 0. The van der Waals surface area contributed by atoms with Gasteiger partial charge in [-0.1, -0.05) is 212 Å². The van der Waals surface area contributed by atoms with Crippen molar-refractivity contribution in [2.75, 3.05) is 4.90 Å². The van der Waals surface area contributed by atoms with Gasteiger partial charge in [0.05, 0.1) is 11.0 Å². The van der Waals surface area contributed by atoms with Crippen molar-refractivity contribution >= 4 is 71.2 Å². The van der Waals surface area contributed by atoms with Crippen LogP contribution in [0.25, 0.3) is 104 Å². The zero-order valence-electron chi connectivity index (χ0n) is 37.3. The second kappa shape index (κ2) is 16.5. The Morgan fingerprint density at radius 2 is 0.706 bits per heavy atom. The fourth-order valence-electron chi connectivity index (χ4n) is 10.5. The van der Waals surface area contributed by atoms with E-state index in [0.29, 0.717) is 0 Å².